The lowest BCUT2D eigenvalue weighted by atomic mass is 10.2. The second-order valence-corrected chi connectivity index (χ2v) is 6.03. The molecule has 0 spiro atoms. The number of aromatic nitrogens is 3. The monoisotopic (exact) mass is 374 g/mol. The van der Waals surface area contributed by atoms with E-state index in [-0.39, 0.29) is 18.3 Å². The lowest BCUT2D eigenvalue weighted by Gasteiger charge is -2.08. The summed E-state index contributed by atoms with van der Waals surface area (Å²) in [7, 11) is 0. The van der Waals surface area contributed by atoms with E-state index in [4.69, 9.17) is 9.15 Å². The molecule has 0 saturated heterocycles. The molecule has 0 aliphatic carbocycles. The van der Waals surface area contributed by atoms with Crippen LogP contribution in [0, 0.1) is 0 Å². The van der Waals surface area contributed by atoms with Gasteiger partial charge in [-0.3, -0.25) is 4.79 Å². The Morgan fingerprint density at radius 3 is 2.75 bits per heavy atom. The van der Waals surface area contributed by atoms with Crippen molar-refractivity contribution in [2.75, 3.05) is 0 Å². The molecule has 7 heteroatoms. The Morgan fingerprint density at radius 1 is 1.11 bits per heavy atom. The molecule has 0 aliphatic heterocycles. The lowest BCUT2D eigenvalue weighted by Crippen LogP contribution is -2.23. The summed E-state index contributed by atoms with van der Waals surface area (Å²) in [5.41, 5.74) is 1.56. The van der Waals surface area contributed by atoms with E-state index in [0.29, 0.717) is 17.9 Å². The van der Waals surface area contributed by atoms with Gasteiger partial charge in [-0.2, -0.15) is 5.10 Å². The number of rotatable bonds is 7. The first-order valence-corrected chi connectivity index (χ1v) is 8.77. The Hall–Kier alpha value is -3.87. The van der Waals surface area contributed by atoms with Crippen LogP contribution in [0.3, 0.4) is 0 Å². The molecule has 0 atom stereocenters. The fraction of sp³-hybridized carbons (Fsp3) is 0.0952. The number of para-hydroxylation sites is 1. The molecule has 28 heavy (non-hydrogen) atoms. The molecule has 3 aromatic heterocycles. The standard InChI is InChI=1S/C21H18N4O3/c26-21(20-17(9-12-27-20)15-28-18-5-2-1-3-6-18)23-14-16-7-8-19(22-13-16)25-11-4-10-24-25/h1-13H,14-15H2,(H,23,26). The highest BCUT2D eigenvalue weighted by Gasteiger charge is 2.15. The summed E-state index contributed by atoms with van der Waals surface area (Å²) in [6.45, 7) is 0.592. The van der Waals surface area contributed by atoms with Gasteiger partial charge < -0.3 is 14.5 Å². The number of amides is 1. The normalized spacial score (nSPS) is 10.6. The minimum atomic E-state index is -0.298. The van der Waals surface area contributed by atoms with Crippen molar-refractivity contribution in [2.24, 2.45) is 0 Å². The predicted molar refractivity (Wildman–Crippen MR) is 102 cm³/mol. The molecular formula is C21H18N4O3. The van der Waals surface area contributed by atoms with E-state index in [9.17, 15) is 4.79 Å². The molecule has 0 aliphatic rings. The first-order chi connectivity index (χ1) is 13.8. The minimum absolute atomic E-state index is 0.247. The number of nitrogens with zero attached hydrogens (tertiary/aromatic N) is 3. The van der Waals surface area contributed by atoms with Gasteiger partial charge in [-0.25, -0.2) is 9.67 Å². The van der Waals surface area contributed by atoms with Crippen LogP contribution in [0.4, 0.5) is 0 Å². The number of nitrogens with one attached hydrogen (secondary N) is 1. The molecule has 7 nitrogen and oxygen atoms in total. The SMILES string of the molecule is O=C(NCc1ccc(-n2cccn2)nc1)c1occc1COc1ccccc1. The van der Waals surface area contributed by atoms with E-state index in [1.807, 2.05) is 54.7 Å². The van der Waals surface area contributed by atoms with Crippen LogP contribution in [0.15, 0.2) is 83.9 Å². The molecule has 1 N–H and O–H groups in total. The molecular weight excluding hydrogens is 356 g/mol. The quantitative estimate of drug-likeness (QED) is 0.536. The van der Waals surface area contributed by atoms with Crippen molar-refractivity contribution in [2.45, 2.75) is 13.2 Å². The Bertz CT molecular complexity index is 1030. The zero-order valence-corrected chi connectivity index (χ0v) is 15.0. The fourth-order valence-electron chi connectivity index (χ4n) is 2.65. The van der Waals surface area contributed by atoms with Gasteiger partial charge in [0.05, 0.1) is 6.26 Å². The first kappa shape index (κ1) is 17.5. The van der Waals surface area contributed by atoms with Crippen molar-refractivity contribution in [3.63, 3.8) is 0 Å². The van der Waals surface area contributed by atoms with Gasteiger partial charge in [0, 0.05) is 30.7 Å². The molecule has 3 heterocycles. The maximum atomic E-state index is 12.5. The van der Waals surface area contributed by atoms with Crippen molar-refractivity contribution >= 4 is 5.91 Å². The predicted octanol–water partition coefficient (Wildman–Crippen LogP) is 3.37. The summed E-state index contributed by atoms with van der Waals surface area (Å²) in [6.07, 6.45) is 6.70. The van der Waals surface area contributed by atoms with E-state index in [0.717, 1.165) is 11.3 Å². The van der Waals surface area contributed by atoms with E-state index in [1.165, 1.54) is 6.26 Å². The molecule has 0 fully saturated rings. The zero-order chi connectivity index (χ0) is 19.2. The van der Waals surface area contributed by atoms with Gasteiger partial charge in [-0.05, 0) is 35.9 Å². The summed E-state index contributed by atoms with van der Waals surface area (Å²) < 4.78 is 12.7. The minimum Gasteiger partial charge on any atom is -0.489 e. The maximum Gasteiger partial charge on any atom is 0.287 e. The molecule has 0 radical (unpaired) electrons. The van der Waals surface area contributed by atoms with Crippen LogP contribution in [0.1, 0.15) is 21.7 Å². The highest BCUT2D eigenvalue weighted by Crippen LogP contribution is 2.16. The molecule has 140 valence electrons. The average molecular weight is 374 g/mol. The molecule has 0 unspecified atom stereocenters. The second kappa shape index (κ2) is 8.22. The van der Waals surface area contributed by atoms with Gasteiger partial charge in [0.1, 0.15) is 12.4 Å². The number of pyridine rings is 1. The molecule has 0 bridgehead atoms. The smallest absolute Gasteiger partial charge is 0.287 e. The van der Waals surface area contributed by atoms with Gasteiger partial charge >= 0.3 is 0 Å². The van der Waals surface area contributed by atoms with Gasteiger partial charge in [0.25, 0.3) is 5.91 Å². The summed E-state index contributed by atoms with van der Waals surface area (Å²) in [4.78, 5) is 16.8. The summed E-state index contributed by atoms with van der Waals surface area (Å²) in [5.74, 6) is 1.40. The number of hydrogen-bond donors (Lipinski definition) is 1. The molecule has 1 aromatic carbocycles. The van der Waals surface area contributed by atoms with Crippen LogP contribution < -0.4 is 10.1 Å². The van der Waals surface area contributed by atoms with Crippen LogP contribution in [-0.4, -0.2) is 20.7 Å². The van der Waals surface area contributed by atoms with Gasteiger partial charge in [0.15, 0.2) is 11.6 Å². The molecule has 1 amide bonds. The average Bonchev–Trinajstić information content (AvgIpc) is 3.44. The molecule has 4 rings (SSSR count). The van der Waals surface area contributed by atoms with E-state index in [2.05, 4.69) is 15.4 Å². The van der Waals surface area contributed by atoms with Crippen LogP contribution in [0.5, 0.6) is 5.75 Å². The third-order valence-corrected chi connectivity index (χ3v) is 4.09. The number of hydrogen-bond acceptors (Lipinski definition) is 5. The Balaban J connectivity index is 1.35. The zero-order valence-electron chi connectivity index (χ0n) is 15.0. The third-order valence-electron chi connectivity index (χ3n) is 4.09. The van der Waals surface area contributed by atoms with Crippen LogP contribution >= 0.6 is 0 Å². The number of carbonyl (C=O) groups excluding carboxylic acids is 1. The maximum absolute atomic E-state index is 12.5. The van der Waals surface area contributed by atoms with Crippen LogP contribution in [0.25, 0.3) is 5.82 Å². The number of ether oxygens (including phenoxy) is 1. The van der Waals surface area contributed by atoms with Crippen molar-refractivity contribution in [1.29, 1.82) is 0 Å². The largest absolute Gasteiger partial charge is 0.489 e. The fourth-order valence-corrected chi connectivity index (χ4v) is 2.65. The number of benzene rings is 1. The first-order valence-electron chi connectivity index (χ1n) is 8.77. The third kappa shape index (κ3) is 4.09. The molecule has 0 saturated carbocycles. The topological polar surface area (TPSA) is 82.2 Å². The van der Waals surface area contributed by atoms with Gasteiger partial charge in [-0.1, -0.05) is 24.3 Å². The Labute approximate surface area is 161 Å². The Morgan fingerprint density at radius 2 is 2.00 bits per heavy atom. The highest BCUT2D eigenvalue weighted by atomic mass is 16.5. The van der Waals surface area contributed by atoms with Crippen molar-refractivity contribution in [3.05, 3.63) is 96.3 Å². The lowest BCUT2D eigenvalue weighted by molar-refractivity contribution is 0.0919. The number of carbonyl (C=O) groups is 1. The van der Waals surface area contributed by atoms with Crippen molar-refractivity contribution in [1.82, 2.24) is 20.1 Å². The van der Waals surface area contributed by atoms with Crippen LogP contribution in [-0.2, 0) is 13.2 Å². The van der Waals surface area contributed by atoms with E-state index in [1.54, 1.807) is 23.1 Å². The van der Waals surface area contributed by atoms with Crippen LogP contribution in [0.2, 0.25) is 0 Å². The van der Waals surface area contributed by atoms with Gasteiger partial charge in [0.2, 0.25) is 0 Å². The Kier molecular flexibility index (Phi) is 5.15. The van der Waals surface area contributed by atoms with Crippen molar-refractivity contribution in [3.8, 4) is 11.6 Å². The highest BCUT2D eigenvalue weighted by molar-refractivity contribution is 5.92. The van der Waals surface area contributed by atoms with E-state index < -0.39 is 0 Å². The summed E-state index contributed by atoms with van der Waals surface area (Å²) >= 11 is 0. The van der Waals surface area contributed by atoms with Crippen molar-refractivity contribution < 1.29 is 13.9 Å². The van der Waals surface area contributed by atoms with Gasteiger partial charge in [-0.15, -0.1) is 0 Å². The van der Waals surface area contributed by atoms with E-state index >= 15 is 0 Å². The summed E-state index contributed by atoms with van der Waals surface area (Å²) in [6, 6.07) is 16.7. The molecule has 4 aromatic rings. The second-order valence-electron chi connectivity index (χ2n) is 6.03. The number of furan rings is 1. The summed E-state index contributed by atoms with van der Waals surface area (Å²) in [5, 5.41) is 6.98.